The van der Waals surface area contributed by atoms with E-state index in [0.29, 0.717) is 35.9 Å². The second-order valence-electron chi connectivity index (χ2n) is 5.42. The number of hydrogen-bond donors (Lipinski definition) is 2. The Hall–Kier alpha value is -2.53. The Balaban J connectivity index is 1.93. The van der Waals surface area contributed by atoms with Crippen molar-refractivity contribution in [3.63, 3.8) is 0 Å². The monoisotopic (exact) mass is 361 g/mol. The maximum Gasteiger partial charge on any atom is 0.335 e. The van der Waals surface area contributed by atoms with Crippen molar-refractivity contribution in [1.82, 2.24) is 5.32 Å². The van der Waals surface area contributed by atoms with Crippen LogP contribution in [0.3, 0.4) is 0 Å². The molecule has 6 heteroatoms. The SMILES string of the molecule is CCOc1cc(Cl)ccc1CNC(=O)CCc1ccccc1C(=O)O. The molecule has 2 aromatic rings. The molecule has 2 rings (SSSR count). The second-order valence-corrected chi connectivity index (χ2v) is 5.86. The summed E-state index contributed by atoms with van der Waals surface area (Å²) in [6.45, 7) is 2.71. The van der Waals surface area contributed by atoms with Gasteiger partial charge in [0.05, 0.1) is 12.2 Å². The van der Waals surface area contributed by atoms with Gasteiger partial charge in [0.15, 0.2) is 0 Å². The molecule has 132 valence electrons. The zero-order valence-electron chi connectivity index (χ0n) is 13.9. The summed E-state index contributed by atoms with van der Waals surface area (Å²) in [5.74, 6) is -0.498. The third kappa shape index (κ3) is 5.50. The fourth-order valence-corrected chi connectivity index (χ4v) is 2.60. The molecule has 0 spiro atoms. The highest BCUT2D eigenvalue weighted by Crippen LogP contribution is 2.23. The number of aryl methyl sites for hydroxylation is 1. The number of benzene rings is 2. The van der Waals surface area contributed by atoms with Gasteiger partial charge in [-0.1, -0.05) is 35.9 Å². The maximum atomic E-state index is 12.1. The fourth-order valence-electron chi connectivity index (χ4n) is 2.44. The van der Waals surface area contributed by atoms with E-state index in [1.165, 1.54) is 6.07 Å². The van der Waals surface area contributed by atoms with Crippen LogP contribution < -0.4 is 10.1 Å². The van der Waals surface area contributed by atoms with E-state index >= 15 is 0 Å². The van der Waals surface area contributed by atoms with Gasteiger partial charge < -0.3 is 15.2 Å². The zero-order chi connectivity index (χ0) is 18.2. The molecule has 0 aliphatic heterocycles. The number of hydrogen-bond acceptors (Lipinski definition) is 3. The van der Waals surface area contributed by atoms with Crippen molar-refractivity contribution in [2.45, 2.75) is 26.3 Å². The molecule has 2 N–H and O–H groups in total. The number of nitrogens with one attached hydrogen (secondary N) is 1. The van der Waals surface area contributed by atoms with Crippen molar-refractivity contribution in [2.24, 2.45) is 0 Å². The Morgan fingerprint density at radius 1 is 1.16 bits per heavy atom. The van der Waals surface area contributed by atoms with Crippen molar-refractivity contribution < 1.29 is 19.4 Å². The standard InChI is InChI=1S/C19H20ClNO4/c1-2-25-17-11-15(20)9-7-14(17)12-21-18(22)10-8-13-5-3-4-6-16(13)19(23)24/h3-7,9,11H,2,8,10,12H2,1H3,(H,21,22)(H,23,24). The first-order valence-corrected chi connectivity index (χ1v) is 8.38. The summed E-state index contributed by atoms with van der Waals surface area (Å²) in [5, 5.41) is 12.6. The number of ether oxygens (including phenoxy) is 1. The molecule has 0 aromatic heterocycles. The minimum absolute atomic E-state index is 0.155. The fraction of sp³-hybridized carbons (Fsp3) is 0.263. The topological polar surface area (TPSA) is 75.6 Å². The summed E-state index contributed by atoms with van der Waals surface area (Å²) >= 11 is 5.96. The predicted molar refractivity (Wildman–Crippen MR) is 96.2 cm³/mol. The van der Waals surface area contributed by atoms with E-state index in [9.17, 15) is 9.59 Å². The number of aromatic carboxylic acids is 1. The Bertz CT molecular complexity index is 761. The van der Waals surface area contributed by atoms with Gasteiger partial charge in [0.1, 0.15) is 5.75 Å². The summed E-state index contributed by atoms with van der Waals surface area (Å²) < 4.78 is 5.52. The van der Waals surface area contributed by atoms with E-state index in [4.69, 9.17) is 21.4 Å². The number of amides is 1. The molecule has 0 bridgehead atoms. The normalized spacial score (nSPS) is 10.3. The van der Waals surface area contributed by atoms with Crippen LogP contribution >= 0.6 is 11.6 Å². The summed E-state index contributed by atoms with van der Waals surface area (Å²) in [6, 6.07) is 12.0. The Labute approximate surface area is 151 Å². The van der Waals surface area contributed by atoms with Crippen molar-refractivity contribution >= 4 is 23.5 Å². The molecule has 25 heavy (non-hydrogen) atoms. The number of carbonyl (C=O) groups is 2. The molecule has 5 nitrogen and oxygen atoms in total. The predicted octanol–water partition coefficient (Wildman–Crippen LogP) is 3.69. The van der Waals surface area contributed by atoms with Crippen molar-refractivity contribution in [3.8, 4) is 5.75 Å². The number of rotatable bonds is 8. The zero-order valence-corrected chi connectivity index (χ0v) is 14.7. The Morgan fingerprint density at radius 3 is 2.64 bits per heavy atom. The van der Waals surface area contributed by atoms with Gasteiger partial charge >= 0.3 is 5.97 Å². The van der Waals surface area contributed by atoms with Crippen LogP contribution in [0.1, 0.15) is 34.8 Å². The molecular formula is C19H20ClNO4. The van der Waals surface area contributed by atoms with E-state index in [-0.39, 0.29) is 17.9 Å². The summed E-state index contributed by atoms with van der Waals surface area (Å²) in [5.41, 5.74) is 1.71. The molecule has 0 unspecified atom stereocenters. The lowest BCUT2D eigenvalue weighted by atomic mass is 10.0. The van der Waals surface area contributed by atoms with Gasteiger partial charge in [-0.3, -0.25) is 4.79 Å². The molecule has 0 fully saturated rings. The van der Waals surface area contributed by atoms with Crippen LogP contribution in [0.5, 0.6) is 5.75 Å². The Kier molecular flexibility index (Phi) is 6.83. The number of carboxylic acids is 1. The average molecular weight is 362 g/mol. The number of halogens is 1. The van der Waals surface area contributed by atoms with Crippen molar-refractivity contribution in [3.05, 3.63) is 64.2 Å². The van der Waals surface area contributed by atoms with Crippen LogP contribution in [0.2, 0.25) is 5.02 Å². The second kappa shape index (κ2) is 9.08. The highest BCUT2D eigenvalue weighted by Gasteiger charge is 2.11. The first-order chi connectivity index (χ1) is 12.0. The summed E-state index contributed by atoms with van der Waals surface area (Å²) in [7, 11) is 0. The third-order valence-corrected chi connectivity index (χ3v) is 3.91. The molecule has 0 aliphatic rings. The minimum Gasteiger partial charge on any atom is -0.493 e. The molecular weight excluding hydrogens is 342 g/mol. The van der Waals surface area contributed by atoms with Gasteiger partial charge in [0, 0.05) is 23.6 Å². The molecule has 1 amide bonds. The largest absolute Gasteiger partial charge is 0.493 e. The first kappa shape index (κ1) is 18.8. The van der Waals surface area contributed by atoms with E-state index < -0.39 is 5.97 Å². The smallest absolute Gasteiger partial charge is 0.335 e. The molecule has 0 saturated carbocycles. The van der Waals surface area contributed by atoms with Crippen LogP contribution in [0.25, 0.3) is 0 Å². The van der Waals surface area contributed by atoms with E-state index in [0.717, 1.165) is 5.56 Å². The summed E-state index contributed by atoms with van der Waals surface area (Å²) in [6.07, 6.45) is 0.578. The molecule has 0 atom stereocenters. The van der Waals surface area contributed by atoms with E-state index in [1.54, 1.807) is 30.3 Å². The van der Waals surface area contributed by atoms with Gasteiger partial charge in [-0.2, -0.15) is 0 Å². The van der Waals surface area contributed by atoms with Gasteiger partial charge in [0.2, 0.25) is 5.91 Å². The van der Waals surface area contributed by atoms with Crippen LogP contribution in [0, 0.1) is 0 Å². The highest BCUT2D eigenvalue weighted by atomic mass is 35.5. The maximum absolute atomic E-state index is 12.1. The average Bonchev–Trinajstić information content (AvgIpc) is 2.59. The number of carbonyl (C=O) groups excluding carboxylic acids is 1. The Morgan fingerprint density at radius 2 is 1.92 bits per heavy atom. The van der Waals surface area contributed by atoms with Gasteiger partial charge in [-0.25, -0.2) is 4.79 Å². The van der Waals surface area contributed by atoms with Gasteiger partial charge in [0.25, 0.3) is 0 Å². The molecule has 0 radical (unpaired) electrons. The van der Waals surface area contributed by atoms with Crippen LogP contribution in [-0.4, -0.2) is 23.6 Å². The van der Waals surface area contributed by atoms with E-state index in [1.807, 2.05) is 13.0 Å². The molecule has 2 aromatic carbocycles. The van der Waals surface area contributed by atoms with Crippen LogP contribution in [0.4, 0.5) is 0 Å². The minimum atomic E-state index is -0.987. The number of carboxylic acid groups (broad SMARTS) is 1. The lowest BCUT2D eigenvalue weighted by molar-refractivity contribution is -0.121. The van der Waals surface area contributed by atoms with Crippen LogP contribution in [0.15, 0.2) is 42.5 Å². The van der Waals surface area contributed by atoms with Crippen molar-refractivity contribution in [2.75, 3.05) is 6.61 Å². The van der Waals surface area contributed by atoms with Crippen LogP contribution in [-0.2, 0) is 17.8 Å². The lowest BCUT2D eigenvalue weighted by Crippen LogP contribution is -2.23. The molecule has 0 saturated heterocycles. The first-order valence-electron chi connectivity index (χ1n) is 8.00. The quantitative estimate of drug-likeness (QED) is 0.752. The molecule has 0 heterocycles. The van der Waals surface area contributed by atoms with Crippen molar-refractivity contribution in [1.29, 1.82) is 0 Å². The van der Waals surface area contributed by atoms with Gasteiger partial charge in [-0.15, -0.1) is 0 Å². The third-order valence-electron chi connectivity index (χ3n) is 3.67. The lowest BCUT2D eigenvalue weighted by Gasteiger charge is -2.12. The highest BCUT2D eigenvalue weighted by molar-refractivity contribution is 6.30. The summed E-state index contributed by atoms with van der Waals surface area (Å²) in [4.78, 5) is 23.3. The molecule has 0 aliphatic carbocycles. The van der Waals surface area contributed by atoms with Gasteiger partial charge in [-0.05, 0) is 37.1 Å². The van der Waals surface area contributed by atoms with E-state index in [2.05, 4.69) is 5.32 Å².